The van der Waals surface area contributed by atoms with E-state index in [9.17, 15) is 14.9 Å². The Morgan fingerprint density at radius 3 is 2.30 bits per heavy atom. The molecule has 0 saturated carbocycles. The first-order valence-electron chi connectivity index (χ1n) is 6.93. The lowest BCUT2D eigenvalue weighted by Gasteiger charge is -2.32. The van der Waals surface area contributed by atoms with E-state index in [1.54, 1.807) is 0 Å². The summed E-state index contributed by atoms with van der Waals surface area (Å²) in [5.74, 6) is -1.19. The van der Waals surface area contributed by atoms with Gasteiger partial charge in [-0.15, -0.1) is 11.6 Å². The minimum Gasteiger partial charge on any atom is -0.468 e. The molecular weight excluding hydrogens is 344 g/mol. The number of carbonyl (C=O) groups is 2. The third kappa shape index (κ3) is 5.61. The number of morpholine rings is 1. The fraction of sp³-hybridized carbons (Fsp3) is 0.643. The van der Waals surface area contributed by atoms with Crippen LogP contribution in [-0.2, 0) is 23.8 Å². The van der Waals surface area contributed by atoms with Crippen molar-refractivity contribution in [3.63, 3.8) is 0 Å². The van der Waals surface area contributed by atoms with Crippen LogP contribution in [0.1, 0.15) is 6.42 Å². The summed E-state index contributed by atoms with van der Waals surface area (Å²) in [6.07, 6.45) is 0.340. The van der Waals surface area contributed by atoms with Crippen LogP contribution < -0.4 is 0 Å². The molecule has 128 valence electrons. The second kappa shape index (κ2) is 10.4. The van der Waals surface area contributed by atoms with Gasteiger partial charge in [0.25, 0.3) is 0 Å². The molecule has 0 aliphatic carbocycles. The number of ether oxygens (including phenoxy) is 3. The zero-order valence-corrected chi connectivity index (χ0v) is 14.6. The van der Waals surface area contributed by atoms with Crippen LogP contribution in [0.5, 0.6) is 0 Å². The van der Waals surface area contributed by atoms with Crippen molar-refractivity contribution in [3.05, 3.63) is 10.6 Å². The number of halogens is 1. The number of methoxy groups -OCH3 is 2. The van der Waals surface area contributed by atoms with E-state index < -0.39 is 17.2 Å². The Kier molecular flexibility index (Phi) is 8.84. The second-order valence-electron chi connectivity index (χ2n) is 4.48. The number of alkyl halides is 1. The van der Waals surface area contributed by atoms with E-state index in [0.717, 1.165) is 11.8 Å². The predicted octanol–water partition coefficient (Wildman–Crippen LogP) is 1.13. The average molecular weight is 363 g/mol. The Bertz CT molecular complexity index is 484. The first-order valence-corrected chi connectivity index (χ1v) is 8.34. The number of esters is 2. The molecule has 0 aromatic rings. The summed E-state index contributed by atoms with van der Waals surface area (Å²) in [4.78, 5) is 25.7. The molecule has 1 fully saturated rings. The van der Waals surface area contributed by atoms with E-state index in [2.05, 4.69) is 15.5 Å². The van der Waals surface area contributed by atoms with Crippen molar-refractivity contribution in [1.29, 1.82) is 5.26 Å². The fourth-order valence-electron chi connectivity index (χ4n) is 1.93. The standard InChI is InChI=1S/C14H19ClN2O5S/c1-20-13(18)11(14(19)21-2)23-12(10(9-16)3-4-15)17-5-7-22-8-6-17/h11H,3-8H2,1-2H3/b12-10+. The van der Waals surface area contributed by atoms with Crippen LogP contribution in [-0.4, -0.2) is 68.5 Å². The van der Waals surface area contributed by atoms with Gasteiger partial charge in [-0.3, -0.25) is 9.59 Å². The van der Waals surface area contributed by atoms with Crippen LogP contribution >= 0.6 is 23.4 Å². The Morgan fingerprint density at radius 1 is 1.30 bits per heavy atom. The summed E-state index contributed by atoms with van der Waals surface area (Å²) >= 11 is 6.71. The van der Waals surface area contributed by atoms with Crippen LogP contribution in [0.25, 0.3) is 0 Å². The van der Waals surface area contributed by atoms with Crippen LogP contribution in [0.3, 0.4) is 0 Å². The van der Waals surface area contributed by atoms with Crippen molar-refractivity contribution in [3.8, 4) is 6.07 Å². The maximum atomic E-state index is 11.9. The second-order valence-corrected chi connectivity index (χ2v) is 5.95. The molecule has 0 atom stereocenters. The minimum atomic E-state index is -1.19. The molecule has 1 heterocycles. The molecule has 0 spiro atoms. The summed E-state index contributed by atoms with van der Waals surface area (Å²) in [5, 5.41) is 8.74. The number of nitriles is 1. The summed E-state index contributed by atoms with van der Waals surface area (Å²) < 4.78 is 14.6. The zero-order chi connectivity index (χ0) is 17.2. The van der Waals surface area contributed by atoms with E-state index in [4.69, 9.17) is 16.3 Å². The molecule has 0 N–H and O–H groups in total. The first-order chi connectivity index (χ1) is 11.1. The first kappa shape index (κ1) is 19.6. The van der Waals surface area contributed by atoms with Gasteiger partial charge in [0.15, 0.2) is 0 Å². The molecule has 0 aromatic carbocycles. The van der Waals surface area contributed by atoms with Crippen molar-refractivity contribution in [2.75, 3.05) is 46.4 Å². The Morgan fingerprint density at radius 2 is 1.87 bits per heavy atom. The van der Waals surface area contributed by atoms with Gasteiger partial charge in [-0.05, 0) is 6.42 Å². The van der Waals surface area contributed by atoms with E-state index >= 15 is 0 Å². The molecule has 0 aromatic heterocycles. The van der Waals surface area contributed by atoms with Gasteiger partial charge in [-0.1, -0.05) is 11.8 Å². The summed E-state index contributed by atoms with van der Waals surface area (Å²) in [6, 6.07) is 2.11. The normalized spacial score (nSPS) is 15.7. The molecule has 0 unspecified atom stereocenters. The summed E-state index contributed by atoms with van der Waals surface area (Å²) in [6.45, 7) is 2.13. The quantitative estimate of drug-likeness (QED) is 0.288. The van der Waals surface area contributed by atoms with Crippen LogP contribution in [0.2, 0.25) is 0 Å². The minimum absolute atomic E-state index is 0.262. The highest BCUT2D eigenvalue weighted by Crippen LogP contribution is 2.31. The van der Waals surface area contributed by atoms with Crippen molar-refractivity contribution in [2.24, 2.45) is 0 Å². The number of allylic oxidation sites excluding steroid dienone is 1. The van der Waals surface area contributed by atoms with Gasteiger partial charge < -0.3 is 19.1 Å². The van der Waals surface area contributed by atoms with Crippen LogP contribution in [0.15, 0.2) is 10.6 Å². The SMILES string of the molecule is COC(=O)C(S/C(=C(/C#N)CCCl)N1CCOCC1)C(=O)OC. The lowest BCUT2D eigenvalue weighted by molar-refractivity contribution is -0.150. The van der Waals surface area contributed by atoms with Crippen molar-refractivity contribution in [2.45, 2.75) is 11.7 Å². The maximum Gasteiger partial charge on any atom is 0.330 e. The molecule has 7 nitrogen and oxygen atoms in total. The van der Waals surface area contributed by atoms with Gasteiger partial charge in [0.05, 0.1) is 44.1 Å². The average Bonchev–Trinajstić information content (AvgIpc) is 2.60. The number of nitrogens with zero attached hydrogens (tertiary/aromatic N) is 2. The van der Waals surface area contributed by atoms with Gasteiger partial charge in [-0.25, -0.2) is 0 Å². The number of thioether (sulfide) groups is 1. The molecule has 1 aliphatic heterocycles. The highest BCUT2D eigenvalue weighted by Gasteiger charge is 2.33. The lowest BCUT2D eigenvalue weighted by atomic mass is 10.2. The monoisotopic (exact) mass is 362 g/mol. The number of carbonyl (C=O) groups excluding carboxylic acids is 2. The highest BCUT2D eigenvalue weighted by molar-refractivity contribution is 8.05. The van der Waals surface area contributed by atoms with E-state index in [0.29, 0.717) is 43.3 Å². The molecule has 1 saturated heterocycles. The summed E-state index contributed by atoms with van der Waals surface area (Å²) in [5.41, 5.74) is 0.421. The molecule has 0 bridgehead atoms. The van der Waals surface area contributed by atoms with Crippen LogP contribution in [0.4, 0.5) is 0 Å². The smallest absolute Gasteiger partial charge is 0.330 e. The van der Waals surface area contributed by atoms with E-state index in [1.165, 1.54) is 14.2 Å². The molecule has 9 heteroatoms. The number of rotatable bonds is 7. The Labute approximate surface area is 144 Å². The predicted molar refractivity (Wildman–Crippen MR) is 85.8 cm³/mol. The lowest BCUT2D eigenvalue weighted by Crippen LogP contribution is -2.38. The highest BCUT2D eigenvalue weighted by atomic mass is 35.5. The van der Waals surface area contributed by atoms with Gasteiger partial charge in [-0.2, -0.15) is 5.26 Å². The van der Waals surface area contributed by atoms with Crippen LogP contribution in [0, 0.1) is 11.3 Å². The van der Waals surface area contributed by atoms with Crippen molar-refractivity contribution in [1.82, 2.24) is 4.90 Å². The Hall–Kier alpha value is -1.43. The maximum absolute atomic E-state index is 11.9. The molecule has 1 rings (SSSR count). The summed E-state index contributed by atoms with van der Waals surface area (Å²) in [7, 11) is 2.39. The van der Waals surface area contributed by atoms with Gasteiger partial charge >= 0.3 is 11.9 Å². The van der Waals surface area contributed by atoms with Gasteiger partial charge in [0, 0.05) is 19.0 Å². The van der Waals surface area contributed by atoms with Gasteiger partial charge in [0.1, 0.15) is 0 Å². The topological polar surface area (TPSA) is 88.9 Å². The third-order valence-corrected chi connectivity index (χ3v) is 4.63. The van der Waals surface area contributed by atoms with Crippen molar-refractivity contribution < 1.29 is 23.8 Å². The van der Waals surface area contributed by atoms with E-state index in [-0.39, 0.29) is 5.88 Å². The van der Waals surface area contributed by atoms with Gasteiger partial charge in [0.2, 0.25) is 5.25 Å². The number of hydrogen-bond donors (Lipinski definition) is 0. The third-order valence-electron chi connectivity index (χ3n) is 3.10. The fourth-order valence-corrected chi connectivity index (χ4v) is 3.35. The number of hydrogen-bond acceptors (Lipinski definition) is 8. The zero-order valence-electron chi connectivity index (χ0n) is 13.0. The molecular formula is C14H19ClN2O5S. The molecule has 0 radical (unpaired) electrons. The molecule has 0 amide bonds. The Balaban J connectivity index is 3.14. The largest absolute Gasteiger partial charge is 0.468 e. The van der Waals surface area contributed by atoms with E-state index in [1.807, 2.05) is 4.90 Å². The van der Waals surface area contributed by atoms with Crippen molar-refractivity contribution >= 4 is 35.3 Å². The molecule has 1 aliphatic rings. The molecule has 23 heavy (non-hydrogen) atoms.